The molecule has 0 unspecified atom stereocenters. The van der Waals surface area contributed by atoms with Crippen molar-refractivity contribution in [1.29, 1.82) is 0 Å². The van der Waals surface area contributed by atoms with Gasteiger partial charge in [-0.25, -0.2) is 4.98 Å². The molecule has 0 atom stereocenters. The topological polar surface area (TPSA) is 85.5 Å². The van der Waals surface area contributed by atoms with Gasteiger partial charge in [-0.3, -0.25) is 9.59 Å². The van der Waals surface area contributed by atoms with Crippen LogP contribution in [-0.4, -0.2) is 48.0 Å². The Kier molecular flexibility index (Phi) is 5.69. The molecule has 1 aromatic heterocycles. The summed E-state index contributed by atoms with van der Waals surface area (Å²) in [4.78, 5) is 30.1. The highest BCUT2D eigenvalue weighted by Crippen LogP contribution is 2.21. The number of nitrogens with zero attached hydrogens (tertiary/aromatic N) is 2. The Balaban J connectivity index is 1.89. The predicted octanol–water partition coefficient (Wildman–Crippen LogP) is 1.06. The fourth-order valence-corrected chi connectivity index (χ4v) is 3.18. The van der Waals surface area contributed by atoms with Gasteiger partial charge in [-0.15, -0.1) is 11.3 Å². The van der Waals surface area contributed by atoms with Crippen LogP contribution < -0.4 is 5.73 Å². The first-order chi connectivity index (χ1) is 10.2. The van der Waals surface area contributed by atoms with E-state index in [1.165, 1.54) is 11.3 Å². The maximum absolute atomic E-state index is 12.3. The van der Waals surface area contributed by atoms with Crippen molar-refractivity contribution in [1.82, 2.24) is 9.88 Å². The van der Waals surface area contributed by atoms with Crippen molar-refractivity contribution in [3.63, 3.8) is 0 Å². The quantitative estimate of drug-likeness (QED) is 0.822. The summed E-state index contributed by atoms with van der Waals surface area (Å²) >= 11 is 1.47. The molecule has 1 aliphatic heterocycles. The van der Waals surface area contributed by atoms with Gasteiger partial charge in [0.2, 0.25) is 0 Å². The van der Waals surface area contributed by atoms with Crippen molar-refractivity contribution in [2.24, 2.45) is 11.7 Å². The first-order valence-electron chi connectivity index (χ1n) is 7.26. The number of carbonyl (C=O) groups is 2. The van der Waals surface area contributed by atoms with E-state index in [4.69, 9.17) is 10.5 Å². The fourth-order valence-electron chi connectivity index (χ4n) is 2.39. The number of esters is 1. The third kappa shape index (κ3) is 4.01. The minimum atomic E-state index is -0.150. The van der Waals surface area contributed by atoms with E-state index in [2.05, 4.69) is 4.98 Å². The molecule has 0 saturated carbocycles. The molecule has 1 saturated heterocycles. The highest BCUT2D eigenvalue weighted by molar-refractivity contribution is 7.09. The largest absolute Gasteiger partial charge is 0.466 e. The molecule has 2 heterocycles. The average Bonchev–Trinajstić information content (AvgIpc) is 2.96. The van der Waals surface area contributed by atoms with Crippen molar-refractivity contribution in [2.45, 2.75) is 26.2 Å². The van der Waals surface area contributed by atoms with Crippen molar-refractivity contribution in [3.05, 3.63) is 16.1 Å². The van der Waals surface area contributed by atoms with Crippen molar-refractivity contribution in [2.75, 3.05) is 26.2 Å². The SMILES string of the molecule is CCOC(=O)C1CCN(C(=O)c2csc(CCN)n2)CC1. The normalized spacial score (nSPS) is 16.0. The van der Waals surface area contributed by atoms with E-state index in [0.717, 1.165) is 5.01 Å². The first kappa shape index (κ1) is 15.9. The van der Waals surface area contributed by atoms with Crippen LogP contribution in [0.3, 0.4) is 0 Å². The molecule has 0 spiro atoms. The summed E-state index contributed by atoms with van der Waals surface area (Å²) in [6.07, 6.45) is 2.01. The molecule has 0 radical (unpaired) electrons. The molecule has 21 heavy (non-hydrogen) atoms. The lowest BCUT2D eigenvalue weighted by molar-refractivity contribution is -0.149. The predicted molar refractivity (Wildman–Crippen MR) is 80.1 cm³/mol. The van der Waals surface area contributed by atoms with E-state index in [-0.39, 0.29) is 17.8 Å². The van der Waals surface area contributed by atoms with Crippen LogP contribution in [-0.2, 0) is 16.0 Å². The maximum Gasteiger partial charge on any atom is 0.309 e. The molecular formula is C14H21N3O3S. The van der Waals surface area contributed by atoms with Gasteiger partial charge in [-0.2, -0.15) is 0 Å². The van der Waals surface area contributed by atoms with E-state index < -0.39 is 0 Å². The van der Waals surface area contributed by atoms with Crippen LogP contribution in [0, 0.1) is 5.92 Å². The van der Waals surface area contributed by atoms with E-state index in [1.807, 2.05) is 0 Å². The third-order valence-corrected chi connectivity index (χ3v) is 4.44. The van der Waals surface area contributed by atoms with Crippen LogP contribution in [0.15, 0.2) is 5.38 Å². The van der Waals surface area contributed by atoms with E-state index in [9.17, 15) is 9.59 Å². The van der Waals surface area contributed by atoms with Crippen LogP contribution in [0.25, 0.3) is 0 Å². The van der Waals surface area contributed by atoms with Gasteiger partial charge >= 0.3 is 5.97 Å². The fraction of sp³-hybridized carbons (Fsp3) is 0.643. The molecule has 0 bridgehead atoms. The minimum absolute atomic E-state index is 0.0585. The number of ether oxygens (including phenoxy) is 1. The Hall–Kier alpha value is -1.47. The van der Waals surface area contributed by atoms with Crippen LogP contribution in [0.4, 0.5) is 0 Å². The van der Waals surface area contributed by atoms with Crippen LogP contribution >= 0.6 is 11.3 Å². The minimum Gasteiger partial charge on any atom is -0.466 e. The zero-order valence-electron chi connectivity index (χ0n) is 12.2. The number of nitrogens with two attached hydrogens (primary N) is 1. The molecule has 6 nitrogen and oxygen atoms in total. The Morgan fingerprint density at radius 1 is 1.48 bits per heavy atom. The Bertz CT molecular complexity index is 495. The lowest BCUT2D eigenvalue weighted by Gasteiger charge is -2.30. The molecular weight excluding hydrogens is 290 g/mol. The lowest BCUT2D eigenvalue weighted by Crippen LogP contribution is -2.40. The number of piperidine rings is 1. The molecule has 1 amide bonds. The standard InChI is InChI=1S/C14H21N3O3S/c1-2-20-14(19)10-4-7-17(8-5-10)13(18)11-9-21-12(16-11)3-6-15/h9-10H,2-8,15H2,1H3. The van der Waals surface area contributed by atoms with Crippen LogP contribution in [0.5, 0.6) is 0 Å². The van der Waals surface area contributed by atoms with Crippen LogP contribution in [0.1, 0.15) is 35.3 Å². The van der Waals surface area contributed by atoms with Crippen LogP contribution in [0.2, 0.25) is 0 Å². The number of aromatic nitrogens is 1. The number of thiazole rings is 1. The zero-order valence-corrected chi connectivity index (χ0v) is 13.0. The van der Waals surface area contributed by atoms with E-state index in [0.29, 0.717) is 51.2 Å². The Labute approximate surface area is 128 Å². The molecule has 1 aliphatic rings. The molecule has 0 aliphatic carbocycles. The molecule has 0 aromatic carbocycles. The van der Waals surface area contributed by atoms with Gasteiger partial charge in [0.1, 0.15) is 5.69 Å². The molecule has 7 heteroatoms. The summed E-state index contributed by atoms with van der Waals surface area (Å²) in [5, 5.41) is 2.67. The van der Waals surface area contributed by atoms with Gasteiger partial charge in [0.15, 0.2) is 0 Å². The average molecular weight is 311 g/mol. The smallest absolute Gasteiger partial charge is 0.309 e. The van der Waals surface area contributed by atoms with Gasteiger partial charge in [0.05, 0.1) is 17.5 Å². The number of carbonyl (C=O) groups excluding carboxylic acids is 2. The van der Waals surface area contributed by atoms with Crippen molar-refractivity contribution in [3.8, 4) is 0 Å². The number of likely N-dealkylation sites (tertiary alicyclic amines) is 1. The number of amides is 1. The highest BCUT2D eigenvalue weighted by atomic mass is 32.1. The van der Waals surface area contributed by atoms with Crippen molar-refractivity contribution >= 4 is 23.2 Å². The van der Waals surface area contributed by atoms with E-state index >= 15 is 0 Å². The highest BCUT2D eigenvalue weighted by Gasteiger charge is 2.29. The molecule has 2 N–H and O–H groups in total. The summed E-state index contributed by atoms with van der Waals surface area (Å²) in [7, 11) is 0. The summed E-state index contributed by atoms with van der Waals surface area (Å²) in [6.45, 7) is 3.89. The summed E-state index contributed by atoms with van der Waals surface area (Å²) in [6, 6.07) is 0. The summed E-state index contributed by atoms with van der Waals surface area (Å²) in [5.41, 5.74) is 5.97. The Morgan fingerprint density at radius 3 is 2.81 bits per heavy atom. The second-order valence-corrected chi connectivity index (χ2v) is 5.93. The summed E-state index contributed by atoms with van der Waals surface area (Å²) < 4.78 is 5.03. The molecule has 2 rings (SSSR count). The number of hydrogen-bond donors (Lipinski definition) is 1. The Morgan fingerprint density at radius 2 is 2.19 bits per heavy atom. The van der Waals surface area contributed by atoms with Gasteiger partial charge in [0, 0.05) is 24.9 Å². The second-order valence-electron chi connectivity index (χ2n) is 4.98. The van der Waals surface area contributed by atoms with E-state index in [1.54, 1.807) is 17.2 Å². The monoisotopic (exact) mass is 311 g/mol. The van der Waals surface area contributed by atoms with Gasteiger partial charge in [-0.05, 0) is 26.3 Å². The number of hydrogen-bond acceptors (Lipinski definition) is 6. The molecule has 116 valence electrons. The third-order valence-electron chi connectivity index (χ3n) is 3.53. The number of rotatable bonds is 5. The van der Waals surface area contributed by atoms with Gasteiger partial charge in [-0.1, -0.05) is 0 Å². The first-order valence-corrected chi connectivity index (χ1v) is 8.14. The zero-order chi connectivity index (χ0) is 15.2. The van der Waals surface area contributed by atoms with Gasteiger partial charge in [0.25, 0.3) is 5.91 Å². The van der Waals surface area contributed by atoms with Gasteiger partial charge < -0.3 is 15.4 Å². The molecule has 1 aromatic rings. The van der Waals surface area contributed by atoms with Crippen molar-refractivity contribution < 1.29 is 14.3 Å². The second kappa shape index (κ2) is 7.51. The molecule has 1 fully saturated rings. The maximum atomic E-state index is 12.3. The lowest BCUT2D eigenvalue weighted by atomic mass is 9.97. The summed E-state index contributed by atoms with van der Waals surface area (Å²) in [5.74, 6) is -0.294.